The maximum absolute atomic E-state index is 12.2. The summed E-state index contributed by atoms with van der Waals surface area (Å²) in [6, 6.07) is 10.3. The van der Waals surface area contributed by atoms with E-state index >= 15 is 0 Å². The van der Waals surface area contributed by atoms with Gasteiger partial charge < -0.3 is 14.6 Å². The van der Waals surface area contributed by atoms with E-state index in [1.807, 2.05) is 22.9 Å². The van der Waals surface area contributed by atoms with Crippen LogP contribution < -0.4 is 10.2 Å². The first-order valence-corrected chi connectivity index (χ1v) is 11.0. The fraction of sp³-hybridized carbons (Fsp3) is 0.350. The summed E-state index contributed by atoms with van der Waals surface area (Å²) in [7, 11) is 0. The molecule has 1 saturated heterocycles. The maximum Gasteiger partial charge on any atom is 0.248 e. The molecule has 146 valence electrons. The average molecular weight is 461 g/mol. The number of halogens is 1. The lowest BCUT2D eigenvalue weighted by Gasteiger charge is -2.19. The quantitative estimate of drug-likeness (QED) is 0.573. The van der Waals surface area contributed by atoms with Crippen LogP contribution in [-0.4, -0.2) is 35.7 Å². The standard InChI is InChI=1S/C20H21BrN4O2S/c21-16-2-1-3-17(10-16)25-8-6-14(12-25)11-22-18(26)4-5-19-23-24-20(27-19)15-7-9-28-13-15/h1-3,7,9-10,13-14H,4-6,8,11-12H2,(H,22,26). The Balaban J connectivity index is 1.20. The molecule has 4 rings (SSSR count). The number of benzene rings is 1. The average Bonchev–Trinajstić information content (AvgIpc) is 3.46. The molecule has 0 saturated carbocycles. The van der Waals surface area contributed by atoms with Crippen molar-refractivity contribution in [2.45, 2.75) is 19.3 Å². The summed E-state index contributed by atoms with van der Waals surface area (Å²) in [6.45, 7) is 2.68. The van der Waals surface area contributed by atoms with E-state index in [-0.39, 0.29) is 5.91 Å². The van der Waals surface area contributed by atoms with Crippen LogP contribution in [0.2, 0.25) is 0 Å². The molecule has 3 aromatic rings. The van der Waals surface area contributed by atoms with Crippen LogP contribution in [-0.2, 0) is 11.2 Å². The summed E-state index contributed by atoms with van der Waals surface area (Å²) in [5, 5.41) is 15.0. The largest absolute Gasteiger partial charge is 0.421 e. The van der Waals surface area contributed by atoms with Crippen LogP contribution in [0.4, 0.5) is 5.69 Å². The number of amides is 1. The van der Waals surface area contributed by atoms with Crippen molar-refractivity contribution in [1.29, 1.82) is 0 Å². The van der Waals surface area contributed by atoms with Gasteiger partial charge in [0, 0.05) is 53.6 Å². The van der Waals surface area contributed by atoms with E-state index in [4.69, 9.17) is 4.42 Å². The fourth-order valence-corrected chi connectivity index (χ4v) is 4.35. The van der Waals surface area contributed by atoms with Gasteiger partial charge in [-0.1, -0.05) is 22.0 Å². The highest BCUT2D eigenvalue weighted by Gasteiger charge is 2.23. The third kappa shape index (κ3) is 4.80. The number of nitrogens with zero attached hydrogens (tertiary/aromatic N) is 3. The highest BCUT2D eigenvalue weighted by molar-refractivity contribution is 9.10. The Labute approximate surface area is 176 Å². The van der Waals surface area contributed by atoms with Gasteiger partial charge in [-0.3, -0.25) is 4.79 Å². The highest BCUT2D eigenvalue weighted by Crippen LogP contribution is 2.26. The van der Waals surface area contributed by atoms with Crippen molar-refractivity contribution in [2.75, 3.05) is 24.5 Å². The number of carbonyl (C=O) groups excluding carboxylic acids is 1. The first-order chi connectivity index (χ1) is 13.7. The van der Waals surface area contributed by atoms with Crippen LogP contribution in [0.5, 0.6) is 0 Å². The first-order valence-electron chi connectivity index (χ1n) is 9.29. The van der Waals surface area contributed by atoms with E-state index in [1.54, 1.807) is 11.3 Å². The molecule has 1 fully saturated rings. The molecule has 0 spiro atoms. The summed E-state index contributed by atoms with van der Waals surface area (Å²) < 4.78 is 6.71. The van der Waals surface area contributed by atoms with Gasteiger partial charge in [0.15, 0.2) is 0 Å². The number of aromatic nitrogens is 2. The number of aryl methyl sites for hydroxylation is 1. The molecule has 1 aromatic carbocycles. The number of anilines is 1. The number of hydrogen-bond acceptors (Lipinski definition) is 6. The lowest BCUT2D eigenvalue weighted by molar-refractivity contribution is -0.121. The van der Waals surface area contributed by atoms with E-state index in [9.17, 15) is 4.79 Å². The molecule has 0 aliphatic carbocycles. The van der Waals surface area contributed by atoms with Gasteiger partial charge in [-0.15, -0.1) is 10.2 Å². The zero-order valence-electron chi connectivity index (χ0n) is 15.3. The van der Waals surface area contributed by atoms with Crippen LogP contribution >= 0.6 is 27.3 Å². The van der Waals surface area contributed by atoms with Crippen molar-refractivity contribution < 1.29 is 9.21 Å². The van der Waals surface area contributed by atoms with Gasteiger partial charge in [-0.25, -0.2) is 0 Å². The molecule has 28 heavy (non-hydrogen) atoms. The SMILES string of the molecule is O=C(CCc1nnc(-c2ccsc2)o1)NCC1CCN(c2cccc(Br)c2)C1. The molecule has 0 bridgehead atoms. The molecule has 1 unspecified atom stereocenters. The fourth-order valence-electron chi connectivity index (χ4n) is 3.33. The Hall–Kier alpha value is -2.19. The second kappa shape index (κ2) is 8.87. The van der Waals surface area contributed by atoms with Gasteiger partial charge in [0.05, 0.1) is 0 Å². The minimum atomic E-state index is 0.0242. The predicted molar refractivity (Wildman–Crippen MR) is 113 cm³/mol. The van der Waals surface area contributed by atoms with Gasteiger partial charge >= 0.3 is 0 Å². The van der Waals surface area contributed by atoms with Crippen molar-refractivity contribution in [3.8, 4) is 11.5 Å². The van der Waals surface area contributed by atoms with Crippen molar-refractivity contribution in [1.82, 2.24) is 15.5 Å². The van der Waals surface area contributed by atoms with Gasteiger partial charge in [0.1, 0.15) is 0 Å². The molecule has 1 aliphatic heterocycles. The number of rotatable bonds is 7. The van der Waals surface area contributed by atoms with Crippen molar-refractivity contribution in [2.24, 2.45) is 5.92 Å². The van der Waals surface area contributed by atoms with Crippen LogP contribution in [0.3, 0.4) is 0 Å². The number of thiophene rings is 1. The zero-order chi connectivity index (χ0) is 19.3. The summed E-state index contributed by atoms with van der Waals surface area (Å²) in [6.07, 6.45) is 1.89. The Morgan fingerprint density at radius 3 is 3.11 bits per heavy atom. The number of hydrogen-bond donors (Lipinski definition) is 1. The minimum Gasteiger partial charge on any atom is -0.421 e. The monoisotopic (exact) mass is 460 g/mol. The molecule has 1 atom stereocenters. The van der Waals surface area contributed by atoms with Gasteiger partial charge in [0.25, 0.3) is 0 Å². The summed E-state index contributed by atoms with van der Waals surface area (Å²) in [5.74, 6) is 1.50. The number of nitrogens with one attached hydrogen (secondary N) is 1. The van der Waals surface area contributed by atoms with E-state index in [0.29, 0.717) is 37.1 Å². The zero-order valence-corrected chi connectivity index (χ0v) is 17.7. The van der Waals surface area contributed by atoms with Crippen LogP contribution in [0.15, 0.2) is 50.0 Å². The van der Waals surface area contributed by atoms with Crippen LogP contribution in [0, 0.1) is 5.92 Å². The van der Waals surface area contributed by atoms with Gasteiger partial charge in [0.2, 0.25) is 17.7 Å². The Bertz CT molecular complexity index is 928. The molecule has 8 heteroatoms. The molecule has 3 heterocycles. The second-order valence-electron chi connectivity index (χ2n) is 6.90. The molecule has 1 aliphatic rings. The lowest BCUT2D eigenvalue weighted by Crippen LogP contribution is -2.31. The Morgan fingerprint density at radius 2 is 2.29 bits per heavy atom. The smallest absolute Gasteiger partial charge is 0.248 e. The summed E-state index contributed by atoms with van der Waals surface area (Å²) in [5.41, 5.74) is 2.14. The normalized spacial score (nSPS) is 16.5. The predicted octanol–water partition coefficient (Wildman–Crippen LogP) is 4.14. The molecule has 1 amide bonds. The van der Waals surface area contributed by atoms with Crippen molar-refractivity contribution >= 4 is 38.9 Å². The Morgan fingerprint density at radius 1 is 1.36 bits per heavy atom. The molecule has 6 nitrogen and oxygen atoms in total. The third-order valence-corrected chi connectivity index (χ3v) is 6.02. The minimum absolute atomic E-state index is 0.0242. The van der Waals surface area contributed by atoms with Gasteiger partial charge in [-0.2, -0.15) is 11.3 Å². The van der Waals surface area contributed by atoms with Crippen molar-refractivity contribution in [3.63, 3.8) is 0 Å². The molecular formula is C20H21BrN4O2S. The molecule has 1 N–H and O–H groups in total. The Kier molecular flexibility index (Phi) is 6.07. The van der Waals surface area contributed by atoms with Gasteiger partial charge in [-0.05, 0) is 42.0 Å². The molecular weight excluding hydrogens is 440 g/mol. The van der Waals surface area contributed by atoms with Crippen molar-refractivity contribution in [3.05, 3.63) is 51.5 Å². The maximum atomic E-state index is 12.2. The molecule has 0 radical (unpaired) electrons. The molecule has 2 aromatic heterocycles. The third-order valence-electron chi connectivity index (χ3n) is 4.85. The highest BCUT2D eigenvalue weighted by atomic mass is 79.9. The topological polar surface area (TPSA) is 71.3 Å². The van der Waals surface area contributed by atoms with E-state index < -0.39 is 0 Å². The van der Waals surface area contributed by atoms with Crippen LogP contribution in [0.1, 0.15) is 18.7 Å². The van der Waals surface area contributed by atoms with E-state index in [2.05, 4.69) is 54.5 Å². The second-order valence-corrected chi connectivity index (χ2v) is 8.59. The van der Waals surface area contributed by atoms with E-state index in [1.165, 1.54) is 5.69 Å². The summed E-state index contributed by atoms with van der Waals surface area (Å²) >= 11 is 5.11. The van der Waals surface area contributed by atoms with Crippen LogP contribution in [0.25, 0.3) is 11.5 Å². The first kappa shape index (κ1) is 19.1. The lowest BCUT2D eigenvalue weighted by atomic mass is 10.1. The summed E-state index contributed by atoms with van der Waals surface area (Å²) in [4.78, 5) is 14.6. The number of carbonyl (C=O) groups is 1. The van der Waals surface area contributed by atoms with E-state index in [0.717, 1.165) is 29.5 Å².